The van der Waals surface area contributed by atoms with E-state index < -0.39 is 5.66 Å². The highest BCUT2D eigenvalue weighted by molar-refractivity contribution is 5.49. The second-order valence-corrected chi connectivity index (χ2v) is 2.83. The molecule has 0 radical (unpaired) electrons. The number of carbonyl (C=O) groups is 1. The van der Waals surface area contributed by atoms with Crippen LogP contribution in [0.2, 0.25) is 0 Å². The van der Waals surface area contributed by atoms with Gasteiger partial charge in [0.1, 0.15) is 5.66 Å². The van der Waals surface area contributed by atoms with Crippen molar-refractivity contribution in [2.45, 2.75) is 12.6 Å². The van der Waals surface area contributed by atoms with Crippen LogP contribution < -0.4 is 11.1 Å². The van der Waals surface area contributed by atoms with Crippen molar-refractivity contribution in [3.8, 4) is 0 Å². The highest BCUT2D eigenvalue weighted by atomic mass is 16.1. The van der Waals surface area contributed by atoms with Gasteiger partial charge < -0.3 is 11.1 Å². The first kappa shape index (κ1) is 8.74. The summed E-state index contributed by atoms with van der Waals surface area (Å²) in [5.41, 5.74) is 5.92. The van der Waals surface area contributed by atoms with Crippen LogP contribution in [0.25, 0.3) is 0 Å². The summed E-state index contributed by atoms with van der Waals surface area (Å²) in [5, 5.41) is 2.54. The quantitative estimate of drug-likeness (QED) is 0.506. The Balaban J connectivity index is 2.89. The zero-order valence-corrected chi connectivity index (χ0v) is 6.95. The molecular formula is C9H12N2O. The molecule has 1 aromatic rings. The molecule has 0 unspecified atom stereocenters. The highest BCUT2D eigenvalue weighted by Gasteiger charge is 2.18. The lowest BCUT2D eigenvalue weighted by atomic mass is 10.0. The summed E-state index contributed by atoms with van der Waals surface area (Å²) < 4.78 is 0. The number of nitrogens with two attached hydrogens (primary N) is 1. The Hall–Kier alpha value is -1.35. The minimum atomic E-state index is -0.775. The lowest BCUT2D eigenvalue weighted by Gasteiger charge is -2.23. The van der Waals surface area contributed by atoms with Gasteiger partial charge in [-0.3, -0.25) is 4.79 Å². The summed E-state index contributed by atoms with van der Waals surface area (Å²) in [5.74, 6) is 0. The third kappa shape index (κ3) is 1.83. The average Bonchev–Trinajstić information content (AvgIpc) is 2.06. The lowest BCUT2D eigenvalue weighted by Crippen LogP contribution is -2.46. The number of hydrogen-bond acceptors (Lipinski definition) is 2. The maximum atomic E-state index is 10.2. The molecule has 3 N–H and O–H groups in total. The van der Waals surface area contributed by atoms with Crippen LogP contribution in [0.4, 0.5) is 0 Å². The molecule has 0 bridgehead atoms. The second-order valence-electron chi connectivity index (χ2n) is 2.83. The van der Waals surface area contributed by atoms with Gasteiger partial charge in [-0.05, 0) is 12.5 Å². The fourth-order valence-electron chi connectivity index (χ4n) is 0.990. The Morgan fingerprint density at radius 2 is 2.00 bits per heavy atom. The molecule has 0 aliphatic rings. The third-order valence-corrected chi connectivity index (χ3v) is 1.73. The van der Waals surface area contributed by atoms with Crippen molar-refractivity contribution in [1.29, 1.82) is 0 Å². The van der Waals surface area contributed by atoms with E-state index in [2.05, 4.69) is 5.32 Å². The van der Waals surface area contributed by atoms with E-state index in [9.17, 15) is 4.79 Å². The van der Waals surface area contributed by atoms with E-state index in [4.69, 9.17) is 5.73 Å². The summed E-state index contributed by atoms with van der Waals surface area (Å²) in [4.78, 5) is 10.2. The molecule has 0 aromatic heterocycles. The molecule has 3 heteroatoms. The number of hydrogen-bond donors (Lipinski definition) is 2. The van der Waals surface area contributed by atoms with E-state index in [1.807, 2.05) is 30.3 Å². The van der Waals surface area contributed by atoms with Crippen LogP contribution in [0.3, 0.4) is 0 Å². The van der Waals surface area contributed by atoms with E-state index in [-0.39, 0.29) is 0 Å². The lowest BCUT2D eigenvalue weighted by molar-refractivity contribution is -0.111. The van der Waals surface area contributed by atoms with E-state index in [1.54, 1.807) is 6.92 Å². The number of amides is 1. The van der Waals surface area contributed by atoms with Crippen LogP contribution in [-0.4, -0.2) is 6.41 Å². The van der Waals surface area contributed by atoms with Crippen LogP contribution >= 0.6 is 0 Å². The predicted molar refractivity (Wildman–Crippen MR) is 47.2 cm³/mol. The largest absolute Gasteiger partial charge is 0.337 e. The molecule has 0 saturated carbocycles. The Morgan fingerprint density at radius 1 is 1.42 bits per heavy atom. The monoisotopic (exact) mass is 164 g/mol. The molecule has 1 amide bonds. The SMILES string of the molecule is C[C@](N)(NC=O)c1ccccc1. The van der Waals surface area contributed by atoms with Gasteiger partial charge >= 0.3 is 0 Å². The number of carbonyl (C=O) groups excluding carboxylic acids is 1. The van der Waals surface area contributed by atoms with Gasteiger partial charge in [-0.2, -0.15) is 0 Å². The molecular weight excluding hydrogens is 152 g/mol. The van der Waals surface area contributed by atoms with Gasteiger partial charge in [-0.15, -0.1) is 0 Å². The summed E-state index contributed by atoms with van der Waals surface area (Å²) in [6, 6.07) is 9.41. The normalized spacial score (nSPS) is 14.8. The molecule has 0 aliphatic heterocycles. The first-order chi connectivity index (χ1) is 5.67. The van der Waals surface area contributed by atoms with Gasteiger partial charge in [0.15, 0.2) is 0 Å². The van der Waals surface area contributed by atoms with E-state index in [0.717, 1.165) is 5.56 Å². The van der Waals surface area contributed by atoms with E-state index in [0.29, 0.717) is 6.41 Å². The second kappa shape index (κ2) is 3.36. The molecule has 1 aromatic carbocycles. The van der Waals surface area contributed by atoms with Crippen molar-refractivity contribution >= 4 is 6.41 Å². The molecule has 1 rings (SSSR count). The molecule has 3 nitrogen and oxygen atoms in total. The Labute approximate surface area is 71.6 Å². The summed E-state index contributed by atoms with van der Waals surface area (Å²) in [6.45, 7) is 1.75. The Morgan fingerprint density at radius 3 is 2.50 bits per heavy atom. The molecule has 0 aliphatic carbocycles. The molecule has 0 saturated heterocycles. The van der Waals surface area contributed by atoms with Crippen molar-refractivity contribution in [3.63, 3.8) is 0 Å². The molecule has 0 heterocycles. The Bertz CT molecular complexity index is 256. The topological polar surface area (TPSA) is 55.1 Å². The van der Waals surface area contributed by atoms with Gasteiger partial charge in [-0.1, -0.05) is 30.3 Å². The molecule has 0 fully saturated rings. The van der Waals surface area contributed by atoms with Crippen LogP contribution in [0, 0.1) is 0 Å². The van der Waals surface area contributed by atoms with Gasteiger partial charge in [-0.25, -0.2) is 0 Å². The first-order valence-electron chi connectivity index (χ1n) is 3.72. The van der Waals surface area contributed by atoms with E-state index >= 15 is 0 Å². The fraction of sp³-hybridized carbons (Fsp3) is 0.222. The van der Waals surface area contributed by atoms with Crippen molar-refractivity contribution in [1.82, 2.24) is 5.32 Å². The maximum Gasteiger partial charge on any atom is 0.208 e. The fourth-order valence-corrected chi connectivity index (χ4v) is 0.990. The maximum absolute atomic E-state index is 10.2. The van der Waals surface area contributed by atoms with Gasteiger partial charge in [0, 0.05) is 0 Å². The summed E-state index contributed by atoms with van der Waals surface area (Å²) in [7, 11) is 0. The van der Waals surface area contributed by atoms with Crippen LogP contribution in [0.1, 0.15) is 12.5 Å². The van der Waals surface area contributed by atoms with Crippen molar-refractivity contribution in [2.75, 3.05) is 0 Å². The van der Waals surface area contributed by atoms with Gasteiger partial charge in [0.25, 0.3) is 0 Å². The van der Waals surface area contributed by atoms with Crippen LogP contribution in [0.15, 0.2) is 30.3 Å². The van der Waals surface area contributed by atoms with E-state index in [1.165, 1.54) is 0 Å². The van der Waals surface area contributed by atoms with Gasteiger partial charge in [0.05, 0.1) is 0 Å². The van der Waals surface area contributed by atoms with Crippen LogP contribution in [-0.2, 0) is 10.5 Å². The minimum absolute atomic E-state index is 0.604. The summed E-state index contributed by atoms with van der Waals surface area (Å²) in [6.07, 6.45) is 0.604. The minimum Gasteiger partial charge on any atom is -0.337 e. The third-order valence-electron chi connectivity index (χ3n) is 1.73. The van der Waals surface area contributed by atoms with Gasteiger partial charge in [0.2, 0.25) is 6.41 Å². The molecule has 1 atom stereocenters. The predicted octanol–water partition coefficient (Wildman–Crippen LogP) is 0.564. The number of rotatable bonds is 3. The molecule has 0 spiro atoms. The Kier molecular flexibility index (Phi) is 2.45. The smallest absolute Gasteiger partial charge is 0.208 e. The standard InChI is InChI=1S/C9H12N2O/c1-9(10,11-7-12)8-5-3-2-4-6-8/h2-7H,10H2,1H3,(H,11,12)/t9-/m0/s1. The van der Waals surface area contributed by atoms with Crippen molar-refractivity contribution < 1.29 is 4.79 Å². The average molecular weight is 164 g/mol. The zero-order chi connectivity index (χ0) is 9.03. The number of nitrogens with one attached hydrogen (secondary N) is 1. The zero-order valence-electron chi connectivity index (χ0n) is 6.95. The van der Waals surface area contributed by atoms with Crippen molar-refractivity contribution in [2.24, 2.45) is 5.73 Å². The molecule has 64 valence electrons. The highest BCUT2D eigenvalue weighted by Crippen LogP contribution is 2.12. The summed E-state index contributed by atoms with van der Waals surface area (Å²) >= 11 is 0. The number of benzene rings is 1. The molecule has 12 heavy (non-hydrogen) atoms. The first-order valence-corrected chi connectivity index (χ1v) is 3.72. The van der Waals surface area contributed by atoms with Crippen molar-refractivity contribution in [3.05, 3.63) is 35.9 Å². The van der Waals surface area contributed by atoms with Crippen LogP contribution in [0.5, 0.6) is 0 Å².